The van der Waals surface area contributed by atoms with Crippen molar-refractivity contribution in [1.82, 2.24) is 4.72 Å². The quantitative estimate of drug-likeness (QED) is 0.369. The van der Waals surface area contributed by atoms with Crippen LogP contribution < -0.4 is 14.8 Å². The Balaban J connectivity index is 2.90. The fraction of sp³-hybridized carbons (Fsp3) is 0.364. The van der Waals surface area contributed by atoms with Crippen LogP contribution in [0.25, 0.3) is 0 Å². The third-order valence-corrected chi connectivity index (χ3v) is 3.97. The Hall–Kier alpha value is -1.64. The topological polar surface area (TPSA) is 109 Å². The van der Waals surface area contributed by atoms with Gasteiger partial charge in [0.05, 0.1) is 12.3 Å². The van der Waals surface area contributed by atoms with E-state index in [-0.39, 0.29) is 12.4 Å². The molecule has 0 radical (unpaired) electrons. The number of ether oxygens (including phenoxy) is 1. The molecule has 0 saturated carbocycles. The predicted octanol–water partition coefficient (Wildman–Crippen LogP) is -0.112. The summed E-state index contributed by atoms with van der Waals surface area (Å²) < 4.78 is 32.2. The highest BCUT2D eigenvalue weighted by Crippen LogP contribution is 2.16. The second-order valence-corrected chi connectivity index (χ2v) is 5.61. The van der Waals surface area contributed by atoms with Gasteiger partial charge in [0.15, 0.2) is 0 Å². The van der Waals surface area contributed by atoms with Crippen LogP contribution in [0.3, 0.4) is 0 Å². The minimum absolute atomic E-state index is 0.111. The lowest BCUT2D eigenvalue weighted by Crippen LogP contribution is -2.39. The summed E-state index contributed by atoms with van der Waals surface area (Å²) in [5.74, 6) is -0.111. The summed E-state index contributed by atoms with van der Waals surface area (Å²) in [5, 5.41) is 7.34. The minimum atomic E-state index is -3.64. The predicted molar refractivity (Wildman–Crippen MR) is 74.7 cm³/mol. The molecule has 0 spiro atoms. The lowest BCUT2D eigenvalue weighted by atomic mass is 10.2. The summed E-state index contributed by atoms with van der Waals surface area (Å²) in [7, 11) is -0.717. The molecule has 0 aliphatic rings. The van der Waals surface area contributed by atoms with Crippen LogP contribution in [0.5, 0.6) is 0 Å². The van der Waals surface area contributed by atoms with Gasteiger partial charge in [-0.3, -0.25) is 9.71 Å². The third-order valence-electron chi connectivity index (χ3n) is 2.47. The number of nitrogen functional groups attached to an aromatic ring is 1. The van der Waals surface area contributed by atoms with E-state index < -0.39 is 10.2 Å². The van der Waals surface area contributed by atoms with E-state index in [1.165, 1.54) is 20.2 Å². The van der Waals surface area contributed by atoms with Gasteiger partial charge < -0.3 is 10.5 Å². The van der Waals surface area contributed by atoms with Crippen molar-refractivity contribution in [2.75, 3.05) is 31.6 Å². The van der Waals surface area contributed by atoms with Crippen molar-refractivity contribution in [3.63, 3.8) is 0 Å². The van der Waals surface area contributed by atoms with E-state index in [1.54, 1.807) is 18.2 Å². The Kier molecular flexibility index (Phi) is 5.28. The smallest absolute Gasteiger partial charge is 0.301 e. The minimum Gasteiger partial charge on any atom is -0.384 e. The van der Waals surface area contributed by atoms with E-state index in [4.69, 9.17) is 15.9 Å². The normalized spacial score (nSPS) is 11.3. The van der Waals surface area contributed by atoms with Crippen molar-refractivity contribution >= 4 is 21.7 Å². The van der Waals surface area contributed by atoms with E-state index in [2.05, 4.69) is 4.72 Å². The van der Waals surface area contributed by atoms with Crippen molar-refractivity contribution < 1.29 is 13.2 Å². The summed E-state index contributed by atoms with van der Waals surface area (Å²) in [5.41, 5.74) is 6.27. The Morgan fingerprint density at radius 1 is 1.53 bits per heavy atom. The van der Waals surface area contributed by atoms with Crippen LogP contribution in [0.15, 0.2) is 24.3 Å². The maximum Gasteiger partial charge on any atom is 0.301 e. The monoisotopic (exact) mass is 286 g/mol. The van der Waals surface area contributed by atoms with Gasteiger partial charge in [-0.15, -0.1) is 0 Å². The molecule has 106 valence electrons. The molecule has 0 unspecified atom stereocenters. The number of hydrogen-bond acceptors (Lipinski definition) is 4. The van der Waals surface area contributed by atoms with Gasteiger partial charge in [-0.2, -0.15) is 13.1 Å². The maximum atomic E-state index is 12.0. The molecule has 1 aromatic rings. The number of hydrogen-bond donors (Lipinski definition) is 3. The molecular weight excluding hydrogens is 268 g/mol. The van der Waals surface area contributed by atoms with Crippen LogP contribution in [0.1, 0.15) is 5.56 Å². The van der Waals surface area contributed by atoms with Crippen LogP contribution in [0.2, 0.25) is 0 Å². The average Bonchev–Trinajstić information content (AvgIpc) is 2.38. The van der Waals surface area contributed by atoms with Crippen molar-refractivity contribution in [3.8, 4) is 0 Å². The summed E-state index contributed by atoms with van der Waals surface area (Å²) >= 11 is 0. The molecule has 19 heavy (non-hydrogen) atoms. The molecule has 0 aromatic heterocycles. The zero-order valence-electron chi connectivity index (χ0n) is 10.9. The average molecular weight is 286 g/mol. The van der Waals surface area contributed by atoms with Crippen molar-refractivity contribution in [2.45, 2.75) is 0 Å². The van der Waals surface area contributed by atoms with Gasteiger partial charge in [0, 0.05) is 26.3 Å². The number of methoxy groups -OCH3 is 1. The molecule has 0 amide bonds. The molecule has 8 heteroatoms. The van der Waals surface area contributed by atoms with E-state index in [1.807, 2.05) is 0 Å². The van der Waals surface area contributed by atoms with Gasteiger partial charge in [0.2, 0.25) is 0 Å². The first-order chi connectivity index (χ1) is 8.88. The number of nitrogens with zero attached hydrogens (tertiary/aromatic N) is 1. The molecule has 1 rings (SSSR count). The van der Waals surface area contributed by atoms with Crippen molar-refractivity contribution in [1.29, 1.82) is 5.41 Å². The van der Waals surface area contributed by atoms with Gasteiger partial charge in [0.25, 0.3) is 0 Å². The van der Waals surface area contributed by atoms with Gasteiger partial charge in [-0.1, -0.05) is 12.1 Å². The van der Waals surface area contributed by atoms with Crippen LogP contribution in [-0.4, -0.2) is 41.6 Å². The summed E-state index contributed by atoms with van der Waals surface area (Å²) in [6.45, 7) is 0.482. The first-order valence-electron chi connectivity index (χ1n) is 5.55. The molecule has 0 aliphatic carbocycles. The van der Waals surface area contributed by atoms with E-state index in [0.29, 0.717) is 17.9 Å². The number of rotatable bonds is 7. The fourth-order valence-electron chi connectivity index (χ4n) is 1.38. The molecule has 0 atom stereocenters. The number of nitrogens with two attached hydrogens (primary N) is 1. The standard InChI is InChI=1S/C11H18N4O3S/c1-15(19(16,17)14-6-7-18-2)10-5-3-4-9(8-10)11(12)13/h3-5,8,14H,6-7H2,1-2H3,(H3,12,13). The SMILES string of the molecule is COCCNS(=O)(=O)N(C)c1cccc(C(=N)N)c1. The molecular formula is C11H18N4O3S. The number of anilines is 1. The summed E-state index contributed by atoms with van der Waals surface area (Å²) in [4.78, 5) is 0. The first-order valence-corrected chi connectivity index (χ1v) is 6.99. The number of nitrogens with one attached hydrogen (secondary N) is 2. The molecule has 0 fully saturated rings. The number of benzene rings is 1. The van der Waals surface area contributed by atoms with Gasteiger partial charge in [-0.05, 0) is 12.1 Å². The zero-order valence-corrected chi connectivity index (χ0v) is 11.7. The highest BCUT2D eigenvalue weighted by atomic mass is 32.2. The highest BCUT2D eigenvalue weighted by Gasteiger charge is 2.17. The molecule has 0 bridgehead atoms. The molecule has 0 saturated heterocycles. The van der Waals surface area contributed by atoms with Crippen molar-refractivity contribution in [3.05, 3.63) is 29.8 Å². The van der Waals surface area contributed by atoms with Crippen molar-refractivity contribution in [2.24, 2.45) is 5.73 Å². The highest BCUT2D eigenvalue weighted by molar-refractivity contribution is 7.90. The van der Waals surface area contributed by atoms with E-state index in [0.717, 1.165) is 4.31 Å². The van der Waals surface area contributed by atoms with E-state index in [9.17, 15) is 8.42 Å². The third kappa shape index (κ3) is 4.19. The lowest BCUT2D eigenvalue weighted by molar-refractivity contribution is 0.204. The van der Waals surface area contributed by atoms with Gasteiger partial charge >= 0.3 is 10.2 Å². The number of amidine groups is 1. The summed E-state index contributed by atoms with van der Waals surface area (Å²) in [6, 6.07) is 6.46. The van der Waals surface area contributed by atoms with E-state index >= 15 is 0 Å². The second kappa shape index (κ2) is 6.50. The first kappa shape index (κ1) is 15.4. The Bertz CT molecular complexity index is 545. The Morgan fingerprint density at radius 2 is 2.21 bits per heavy atom. The maximum absolute atomic E-state index is 12.0. The van der Waals surface area contributed by atoms with Gasteiger partial charge in [-0.25, -0.2) is 0 Å². The molecule has 4 N–H and O–H groups in total. The second-order valence-electron chi connectivity index (χ2n) is 3.82. The van der Waals surface area contributed by atoms with Crippen LogP contribution in [-0.2, 0) is 14.9 Å². The zero-order chi connectivity index (χ0) is 14.5. The fourth-order valence-corrected chi connectivity index (χ4v) is 2.30. The Morgan fingerprint density at radius 3 is 2.79 bits per heavy atom. The Labute approximate surface area is 113 Å². The summed E-state index contributed by atoms with van der Waals surface area (Å²) in [6.07, 6.45) is 0. The van der Waals surface area contributed by atoms with Gasteiger partial charge in [0.1, 0.15) is 5.84 Å². The van der Waals surface area contributed by atoms with Crippen LogP contribution in [0.4, 0.5) is 5.69 Å². The molecule has 0 heterocycles. The molecule has 7 nitrogen and oxygen atoms in total. The van der Waals surface area contributed by atoms with Crippen LogP contribution >= 0.6 is 0 Å². The molecule has 0 aliphatic heterocycles. The lowest BCUT2D eigenvalue weighted by Gasteiger charge is -2.20. The largest absolute Gasteiger partial charge is 0.384 e. The van der Waals surface area contributed by atoms with Crippen LogP contribution in [0, 0.1) is 5.41 Å². The molecule has 1 aromatic carbocycles.